The van der Waals surface area contributed by atoms with Crippen LogP contribution < -0.4 is 4.74 Å². The summed E-state index contributed by atoms with van der Waals surface area (Å²) < 4.78 is 5.42. The molecule has 0 atom stereocenters. The van der Waals surface area contributed by atoms with E-state index in [0.29, 0.717) is 0 Å². The van der Waals surface area contributed by atoms with Crippen LogP contribution in [0, 0.1) is 20.8 Å². The molecular weight excluding hydrogens is 268 g/mol. The Morgan fingerprint density at radius 3 is 2.27 bits per heavy atom. The average molecular weight is 296 g/mol. The average Bonchev–Trinajstić information content (AvgIpc) is 2.50. The van der Waals surface area contributed by atoms with Crippen molar-refractivity contribution in [3.63, 3.8) is 0 Å². The van der Waals surface area contributed by atoms with Gasteiger partial charge >= 0.3 is 0 Å². The summed E-state index contributed by atoms with van der Waals surface area (Å²) in [6.07, 6.45) is 12.8. The first-order valence-corrected chi connectivity index (χ1v) is 7.71. The Morgan fingerprint density at radius 1 is 1.00 bits per heavy atom. The molecule has 0 unspecified atom stereocenters. The molecule has 1 heteroatoms. The van der Waals surface area contributed by atoms with Gasteiger partial charge in [-0.2, -0.15) is 0 Å². The highest BCUT2D eigenvalue weighted by Crippen LogP contribution is 2.28. The van der Waals surface area contributed by atoms with Gasteiger partial charge in [-0.1, -0.05) is 47.6 Å². The molecule has 0 saturated heterocycles. The van der Waals surface area contributed by atoms with Crippen LogP contribution in [0.15, 0.2) is 47.6 Å². The smallest absolute Gasteiger partial charge is 0.122 e. The number of hydrogen-bond donors (Lipinski definition) is 0. The minimum atomic E-state index is 0.962. The first-order valence-electron chi connectivity index (χ1n) is 7.71. The van der Waals surface area contributed by atoms with Gasteiger partial charge in [0.25, 0.3) is 0 Å². The zero-order chi connectivity index (χ0) is 16.7. The summed E-state index contributed by atoms with van der Waals surface area (Å²) in [5.74, 6) is 0.962. The van der Waals surface area contributed by atoms with Crippen LogP contribution in [0.4, 0.5) is 0 Å². The van der Waals surface area contributed by atoms with Crippen LogP contribution in [0.3, 0.4) is 0 Å². The number of methoxy groups -OCH3 is 1. The Kier molecular flexibility index (Phi) is 6.91. The van der Waals surface area contributed by atoms with Gasteiger partial charge in [0.05, 0.1) is 7.11 Å². The van der Waals surface area contributed by atoms with E-state index in [1.807, 2.05) is 6.92 Å². The number of aryl methyl sites for hydroxylation is 1. The zero-order valence-electron chi connectivity index (χ0n) is 14.9. The van der Waals surface area contributed by atoms with Crippen molar-refractivity contribution < 1.29 is 4.74 Å². The molecule has 0 aliphatic carbocycles. The predicted molar refractivity (Wildman–Crippen MR) is 98.6 cm³/mol. The first-order chi connectivity index (χ1) is 10.4. The summed E-state index contributed by atoms with van der Waals surface area (Å²) in [4.78, 5) is 0. The molecule has 0 spiro atoms. The van der Waals surface area contributed by atoms with Crippen LogP contribution >= 0.6 is 0 Å². The summed E-state index contributed by atoms with van der Waals surface area (Å²) in [5, 5.41) is 0. The van der Waals surface area contributed by atoms with Crippen molar-refractivity contribution in [1.29, 1.82) is 0 Å². The molecule has 1 aromatic rings. The van der Waals surface area contributed by atoms with Crippen LogP contribution in [0.1, 0.15) is 43.0 Å². The van der Waals surface area contributed by atoms with Gasteiger partial charge in [0.15, 0.2) is 0 Å². The van der Waals surface area contributed by atoms with Crippen molar-refractivity contribution in [2.24, 2.45) is 0 Å². The summed E-state index contributed by atoms with van der Waals surface area (Å²) in [6.45, 7) is 12.7. The van der Waals surface area contributed by atoms with Crippen molar-refractivity contribution in [3.8, 4) is 5.75 Å². The Morgan fingerprint density at radius 2 is 1.68 bits per heavy atom. The molecule has 22 heavy (non-hydrogen) atoms. The van der Waals surface area contributed by atoms with Crippen molar-refractivity contribution in [3.05, 3.63) is 69.8 Å². The molecular formula is C21H28O. The zero-order valence-corrected chi connectivity index (χ0v) is 14.9. The number of hydrogen-bond acceptors (Lipinski definition) is 1. The third kappa shape index (κ3) is 4.77. The molecule has 0 amide bonds. The fraction of sp³-hybridized carbons (Fsp3) is 0.333. The lowest BCUT2D eigenvalue weighted by atomic mass is 9.96. The van der Waals surface area contributed by atoms with E-state index in [1.165, 1.54) is 33.4 Å². The fourth-order valence-electron chi connectivity index (χ4n) is 2.25. The number of benzene rings is 1. The van der Waals surface area contributed by atoms with E-state index in [9.17, 15) is 0 Å². The minimum Gasteiger partial charge on any atom is -0.496 e. The molecule has 1 aromatic carbocycles. The maximum Gasteiger partial charge on any atom is 0.122 e. The van der Waals surface area contributed by atoms with Crippen LogP contribution in [-0.2, 0) is 0 Å². The van der Waals surface area contributed by atoms with E-state index in [4.69, 9.17) is 4.74 Å². The van der Waals surface area contributed by atoms with E-state index >= 15 is 0 Å². The monoisotopic (exact) mass is 296 g/mol. The molecule has 0 N–H and O–H groups in total. The van der Waals surface area contributed by atoms with E-state index in [-0.39, 0.29) is 0 Å². The fourth-order valence-corrected chi connectivity index (χ4v) is 2.25. The first kappa shape index (κ1) is 18.0. The number of rotatable bonds is 5. The summed E-state index contributed by atoms with van der Waals surface area (Å²) in [5.41, 5.74) is 7.50. The SMILES string of the molecule is CC=C(C)C=CC=C(C)C=Cc1c(C)cc(OC)c(C)c1C. The Balaban J connectivity index is 3.02. The number of ether oxygens (including phenoxy) is 1. The molecule has 0 heterocycles. The lowest BCUT2D eigenvalue weighted by Gasteiger charge is -2.13. The molecule has 0 radical (unpaired) electrons. The van der Waals surface area contributed by atoms with Crippen molar-refractivity contribution in [2.75, 3.05) is 7.11 Å². The van der Waals surface area contributed by atoms with Crippen molar-refractivity contribution >= 4 is 6.08 Å². The van der Waals surface area contributed by atoms with Gasteiger partial charge < -0.3 is 4.74 Å². The van der Waals surface area contributed by atoms with E-state index in [2.05, 4.69) is 77.1 Å². The Labute approximate surface area is 135 Å². The molecule has 0 aliphatic rings. The van der Waals surface area contributed by atoms with Gasteiger partial charge in [0, 0.05) is 0 Å². The predicted octanol–water partition coefficient (Wildman–Crippen LogP) is 6.10. The highest BCUT2D eigenvalue weighted by atomic mass is 16.5. The van der Waals surface area contributed by atoms with Crippen molar-refractivity contribution in [1.82, 2.24) is 0 Å². The van der Waals surface area contributed by atoms with Gasteiger partial charge in [-0.25, -0.2) is 0 Å². The van der Waals surface area contributed by atoms with Gasteiger partial charge in [-0.05, 0) is 69.9 Å². The van der Waals surface area contributed by atoms with Crippen LogP contribution in [0.5, 0.6) is 5.75 Å². The lowest BCUT2D eigenvalue weighted by molar-refractivity contribution is 0.411. The van der Waals surface area contributed by atoms with Crippen LogP contribution in [0.25, 0.3) is 6.08 Å². The molecule has 0 aromatic heterocycles. The summed E-state index contributed by atoms with van der Waals surface area (Å²) >= 11 is 0. The second-order valence-electron chi connectivity index (χ2n) is 5.70. The van der Waals surface area contributed by atoms with Gasteiger partial charge in [0.2, 0.25) is 0 Å². The number of allylic oxidation sites excluding steroid dienone is 7. The minimum absolute atomic E-state index is 0.962. The largest absolute Gasteiger partial charge is 0.496 e. The molecule has 1 rings (SSSR count). The van der Waals surface area contributed by atoms with Crippen molar-refractivity contribution in [2.45, 2.75) is 41.5 Å². The lowest BCUT2D eigenvalue weighted by Crippen LogP contribution is -1.95. The standard InChI is InChI=1S/C21H28O/c1-8-15(2)10-9-11-16(3)12-13-20-17(4)14-21(22-7)19(6)18(20)5/h8-14H,1-7H3. The second-order valence-corrected chi connectivity index (χ2v) is 5.70. The topological polar surface area (TPSA) is 9.23 Å². The molecule has 1 nitrogen and oxygen atoms in total. The maximum absolute atomic E-state index is 5.42. The summed E-state index contributed by atoms with van der Waals surface area (Å²) in [7, 11) is 1.72. The van der Waals surface area contributed by atoms with E-state index in [1.54, 1.807) is 7.11 Å². The normalized spacial score (nSPS) is 13.4. The Bertz CT molecular complexity index is 640. The van der Waals surface area contributed by atoms with E-state index < -0.39 is 0 Å². The van der Waals surface area contributed by atoms with Gasteiger partial charge in [0.1, 0.15) is 5.75 Å². The Hall–Kier alpha value is -2.02. The highest BCUT2D eigenvalue weighted by Gasteiger charge is 2.08. The van der Waals surface area contributed by atoms with Crippen LogP contribution in [0.2, 0.25) is 0 Å². The molecule has 118 valence electrons. The highest BCUT2D eigenvalue weighted by molar-refractivity contribution is 5.64. The molecule has 0 bridgehead atoms. The summed E-state index contributed by atoms with van der Waals surface area (Å²) in [6, 6.07) is 2.11. The van der Waals surface area contributed by atoms with Gasteiger partial charge in [-0.15, -0.1) is 0 Å². The molecule has 0 fully saturated rings. The van der Waals surface area contributed by atoms with Crippen LogP contribution in [-0.4, -0.2) is 7.11 Å². The third-order valence-corrected chi connectivity index (χ3v) is 4.01. The molecule has 0 saturated carbocycles. The van der Waals surface area contributed by atoms with Gasteiger partial charge in [-0.3, -0.25) is 0 Å². The third-order valence-electron chi connectivity index (χ3n) is 4.01. The second kappa shape index (κ2) is 8.43. The van der Waals surface area contributed by atoms with E-state index in [0.717, 1.165) is 5.75 Å². The maximum atomic E-state index is 5.42. The molecule has 0 aliphatic heterocycles. The quantitative estimate of drug-likeness (QED) is 0.596.